The average Bonchev–Trinajstić information content (AvgIpc) is 3.89. The van der Waals surface area contributed by atoms with Crippen LogP contribution in [0.3, 0.4) is 0 Å². The molecule has 1 nitrogen and oxygen atoms in total. The summed E-state index contributed by atoms with van der Waals surface area (Å²) in [6.07, 6.45) is 20.7. The summed E-state index contributed by atoms with van der Waals surface area (Å²) < 4.78 is 0. The van der Waals surface area contributed by atoms with E-state index in [0.29, 0.717) is 0 Å². The zero-order valence-electron chi connectivity index (χ0n) is 48.6. The molecule has 0 saturated carbocycles. The van der Waals surface area contributed by atoms with Crippen LogP contribution in [-0.4, -0.2) is 4.98 Å². The number of nitrogens with zero attached hydrogens (tertiary/aromatic N) is 1. The molecule has 0 spiro atoms. The highest BCUT2D eigenvalue weighted by Gasteiger charge is 2.42. The molecule has 0 radical (unpaired) electrons. The van der Waals surface area contributed by atoms with Crippen molar-refractivity contribution < 1.29 is 0 Å². The Morgan fingerprint density at radius 2 is 0.642 bits per heavy atom. The maximum atomic E-state index is 4.65. The van der Waals surface area contributed by atoms with E-state index in [2.05, 4.69) is 287 Å². The number of hydrogen-bond donors (Lipinski definition) is 0. The molecule has 0 amide bonds. The molecular formula is C78H83NP2. The Labute approximate surface area is 489 Å². The molecular weight excluding hydrogens is 1010 g/mol. The quantitative estimate of drug-likeness (QED) is 0.0487. The SMILES string of the molecule is CCCCCCCCC1(CCCCCCCC)c2cc(C)ccc2-c2ccc(-c3ccc(-c4ccc(C)cn4)cc3)cc21.c1ccc(P(c2ccccc2)c2ccccc2)cc1.c1ccc(P(c2ccccc2)c2ccccc2)cc1. The van der Waals surface area contributed by atoms with Crippen LogP contribution < -0.4 is 31.8 Å². The Morgan fingerprint density at radius 1 is 0.309 bits per heavy atom. The number of benzene rings is 9. The van der Waals surface area contributed by atoms with E-state index in [4.69, 9.17) is 0 Å². The predicted octanol–water partition coefficient (Wildman–Crippen LogP) is 19.7. The third-order valence-corrected chi connectivity index (χ3v) is 20.8. The monoisotopic (exact) mass is 1100 g/mol. The van der Waals surface area contributed by atoms with Crippen molar-refractivity contribution in [2.24, 2.45) is 0 Å². The lowest BCUT2D eigenvalue weighted by molar-refractivity contribution is 0.398. The zero-order valence-corrected chi connectivity index (χ0v) is 50.4. The van der Waals surface area contributed by atoms with Crippen molar-refractivity contribution in [1.29, 1.82) is 0 Å². The predicted molar refractivity (Wildman–Crippen MR) is 357 cm³/mol. The second-order valence-electron chi connectivity index (χ2n) is 21.9. The fraction of sp³-hybridized carbons (Fsp3) is 0.244. The van der Waals surface area contributed by atoms with Crippen LogP contribution in [0.15, 0.2) is 261 Å². The van der Waals surface area contributed by atoms with Gasteiger partial charge in [-0.1, -0.05) is 339 Å². The van der Waals surface area contributed by atoms with Gasteiger partial charge in [0.05, 0.1) is 5.69 Å². The highest BCUT2D eigenvalue weighted by Crippen LogP contribution is 2.55. The summed E-state index contributed by atoms with van der Waals surface area (Å²) in [5, 5.41) is 8.39. The highest BCUT2D eigenvalue weighted by atomic mass is 31.1. The van der Waals surface area contributed by atoms with Gasteiger partial charge in [-0.2, -0.15) is 0 Å². The van der Waals surface area contributed by atoms with Gasteiger partial charge in [-0.15, -0.1) is 0 Å². The first-order valence-corrected chi connectivity index (χ1v) is 32.8. The number of rotatable bonds is 22. The van der Waals surface area contributed by atoms with Crippen LogP contribution in [0, 0.1) is 13.8 Å². The van der Waals surface area contributed by atoms with Crippen molar-refractivity contribution in [3.63, 3.8) is 0 Å². The highest BCUT2D eigenvalue weighted by molar-refractivity contribution is 7.80. The van der Waals surface area contributed by atoms with Crippen molar-refractivity contribution in [1.82, 2.24) is 4.98 Å². The molecule has 1 heterocycles. The van der Waals surface area contributed by atoms with Gasteiger partial charge >= 0.3 is 0 Å². The summed E-state index contributed by atoms with van der Waals surface area (Å²) in [4.78, 5) is 4.65. The number of unbranched alkanes of at least 4 members (excludes halogenated alkanes) is 10. The topological polar surface area (TPSA) is 12.9 Å². The lowest BCUT2D eigenvalue weighted by atomic mass is 9.70. The largest absolute Gasteiger partial charge is 0.256 e. The fourth-order valence-corrected chi connectivity index (χ4v) is 16.3. The Hall–Kier alpha value is -7.01. The van der Waals surface area contributed by atoms with E-state index >= 15 is 0 Å². The summed E-state index contributed by atoms with van der Waals surface area (Å²) in [6, 6.07) is 92.6. The molecule has 0 bridgehead atoms. The van der Waals surface area contributed by atoms with E-state index in [1.54, 1.807) is 11.1 Å². The smallest absolute Gasteiger partial charge is 0.0702 e. The summed E-state index contributed by atoms with van der Waals surface area (Å²) in [5.41, 5.74) is 13.7. The molecule has 9 aromatic carbocycles. The van der Waals surface area contributed by atoms with Crippen LogP contribution in [0.5, 0.6) is 0 Å². The molecule has 410 valence electrons. The van der Waals surface area contributed by atoms with Gasteiger partial charge in [-0.25, -0.2) is 0 Å². The van der Waals surface area contributed by atoms with Crippen molar-refractivity contribution in [3.8, 4) is 33.5 Å². The third kappa shape index (κ3) is 15.7. The zero-order chi connectivity index (χ0) is 55.9. The van der Waals surface area contributed by atoms with Crippen LogP contribution in [-0.2, 0) is 5.41 Å². The number of hydrogen-bond acceptors (Lipinski definition) is 1. The molecule has 3 heteroatoms. The standard InChI is InChI=1S/C42H53N.2C18H15P/c1-5-7-9-11-13-15-27-42(28-16-14-12-10-8-6-2)39-29-32(3)17-24-37(39)38-25-23-36(30-40(38)42)34-19-21-35(22-20-34)41-26-18-33(4)31-43-41;2*1-4-10-16(11-5-1)19(17-12-6-2-7-13-17)18-14-8-3-9-15-18/h17-26,29-31H,5-16,27-28H2,1-4H3;2*1-15H. The first-order chi connectivity index (χ1) is 40.0. The van der Waals surface area contributed by atoms with E-state index in [1.165, 1.54) is 161 Å². The fourth-order valence-electron chi connectivity index (χ4n) is 11.7. The molecule has 0 aliphatic heterocycles. The number of fused-ring (bicyclic) bond motifs is 3. The molecule has 0 unspecified atom stereocenters. The first kappa shape index (κ1) is 58.6. The Balaban J connectivity index is 0.000000170. The Bertz CT molecular complexity index is 3060. The molecule has 0 saturated heterocycles. The van der Waals surface area contributed by atoms with Gasteiger partial charge in [0.15, 0.2) is 0 Å². The molecule has 1 aromatic heterocycles. The minimum Gasteiger partial charge on any atom is -0.256 e. The van der Waals surface area contributed by atoms with Crippen LogP contribution in [0.1, 0.15) is 126 Å². The normalized spacial score (nSPS) is 12.0. The Morgan fingerprint density at radius 3 is 1.02 bits per heavy atom. The molecule has 0 N–H and O–H groups in total. The van der Waals surface area contributed by atoms with Crippen molar-refractivity contribution in [3.05, 3.63) is 283 Å². The first-order valence-electron chi connectivity index (χ1n) is 30.2. The molecule has 11 rings (SSSR count). The van der Waals surface area contributed by atoms with Crippen molar-refractivity contribution in [2.75, 3.05) is 0 Å². The minimum absolute atomic E-state index is 0.119. The second-order valence-corrected chi connectivity index (χ2v) is 26.3. The summed E-state index contributed by atoms with van der Waals surface area (Å²) in [5.74, 6) is 0. The number of aromatic nitrogens is 1. The average molecular weight is 1100 g/mol. The lowest BCUT2D eigenvalue weighted by Gasteiger charge is -2.33. The van der Waals surface area contributed by atoms with E-state index in [9.17, 15) is 0 Å². The second kappa shape index (κ2) is 30.7. The van der Waals surface area contributed by atoms with E-state index in [0.717, 1.165) is 5.69 Å². The number of pyridine rings is 1. The van der Waals surface area contributed by atoms with E-state index in [-0.39, 0.29) is 5.41 Å². The maximum absolute atomic E-state index is 4.65. The van der Waals surface area contributed by atoms with Gasteiger partial charge < -0.3 is 0 Å². The van der Waals surface area contributed by atoms with Gasteiger partial charge in [0.25, 0.3) is 0 Å². The molecule has 81 heavy (non-hydrogen) atoms. The third-order valence-electron chi connectivity index (χ3n) is 15.9. The van der Waals surface area contributed by atoms with Crippen molar-refractivity contribution in [2.45, 2.75) is 123 Å². The van der Waals surface area contributed by atoms with Gasteiger partial charge in [0, 0.05) is 17.2 Å². The van der Waals surface area contributed by atoms with E-state index in [1.807, 2.05) is 6.20 Å². The molecule has 10 aromatic rings. The van der Waals surface area contributed by atoms with Gasteiger partial charge in [0.1, 0.15) is 0 Å². The minimum atomic E-state index is -0.446. The van der Waals surface area contributed by atoms with Crippen LogP contribution >= 0.6 is 15.8 Å². The molecule has 0 fully saturated rings. The molecule has 0 atom stereocenters. The summed E-state index contributed by atoms with van der Waals surface area (Å²) in [6.45, 7) is 9.00. The Kier molecular flexibility index (Phi) is 22.2. The van der Waals surface area contributed by atoms with Crippen LogP contribution in [0.25, 0.3) is 33.5 Å². The van der Waals surface area contributed by atoms with Crippen LogP contribution in [0.2, 0.25) is 0 Å². The maximum Gasteiger partial charge on any atom is 0.0702 e. The molecule has 1 aliphatic rings. The molecule has 1 aliphatic carbocycles. The van der Waals surface area contributed by atoms with Gasteiger partial charge in [-0.05, 0) is 125 Å². The van der Waals surface area contributed by atoms with E-state index < -0.39 is 15.8 Å². The van der Waals surface area contributed by atoms with Crippen LogP contribution in [0.4, 0.5) is 0 Å². The number of aryl methyl sites for hydroxylation is 2. The summed E-state index contributed by atoms with van der Waals surface area (Å²) >= 11 is 0. The van der Waals surface area contributed by atoms with Gasteiger partial charge in [0.2, 0.25) is 0 Å². The lowest BCUT2D eigenvalue weighted by Crippen LogP contribution is -2.25. The summed E-state index contributed by atoms with van der Waals surface area (Å²) in [7, 11) is -0.892. The van der Waals surface area contributed by atoms with Gasteiger partial charge in [-0.3, -0.25) is 4.98 Å². The van der Waals surface area contributed by atoms with Crippen molar-refractivity contribution >= 4 is 47.7 Å².